The lowest BCUT2D eigenvalue weighted by Gasteiger charge is -2.27. The van der Waals surface area contributed by atoms with Crippen LogP contribution in [0.5, 0.6) is 0 Å². The predicted octanol–water partition coefficient (Wildman–Crippen LogP) is 6.66. The summed E-state index contributed by atoms with van der Waals surface area (Å²) in [6, 6.07) is 23.9. The Kier molecular flexibility index (Phi) is 7.91. The summed E-state index contributed by atoms with van der Waals surface area (Å²) in [4.78, 5) is 0.991. The summed E-state index contributed by atoms with van der Waals surface area (Å²) in [6.45, 7) is 4.72. The van der Waals surface area contributed by atoms with Crippen LogP contribution >= 0.6 is 18.9 Å². The summed E-state index contributed by atoms with van der Waals surface area (Å²) in [5, 5.41) is 10.4. The molecule has 0 aliphatic rings. The summed E-state index contributed by atoms with van der Waals surface area (Å²) >= 11 is 1.59. The van der Waals surface area contributed by atoms with Crippen LogP contribution in [0.3, 0.4) is 0 Å². The molecule has 0 saturated carbocycles. The fourth-order valence-electron chi connectivity index (χ4n) is 3.65. The van der Waals surface area contributed by atoms with Crippen molar-refractivity contribution < 1.29 is 13.6 Å². The van der Waals surface area contributed by atoms with Crippen LogP contribution in [0.1, 0.15) is 30.8 Å². The molecule has 4 aromatic rings. The molecule has 1 atom stereocenters. The van der Waals surface area contributed by atoms with Crippen LogP contribution in [0.15, 0.2) is 84.4 Å². The third-order valence-corrected chi connectivity index (χ3v) is 8.30. The third-order valence-electron chi connectivity index (χ3n) is 5.09. The first kappa shape index (κ1) is 23.6. The number of hydrogen-bond donors (Lipinski definition) is 1. The Balaban J connectivity index is 1.82. The van der Waals surface area contributed by atoms with Gasteiger partial charge >= 0.3 is 7.60 Å². The Morgan fingerprint density at radius 1 is 0.970 bits per heavy atom. The van der Waals surface area contributed by atoms with Crippen molar-refractivity contribution >= 4 is 18.9 Å². The molecular weight excluding hydrogens is 453 g/mol. The van der Waals surface area contributed by atoms with Gasteiger partial charge in [0.05, 0.1) is 23.8 Å². The molecule has 0 aliphatic heterocycles. The van der Waals surface area contributed by atoms with Gasteiger partial charge in [-0.1, -0.05) is 54.6 Å². The molecule has 0 radical (unpaired) electrons. The first-order chi connectivity index (χ1) is 16.1. The monoisotopic (exact) mass is 481 g/mol. The average Bonchev–Trinajstić information content (AvgIpc) is 3.51. The molecule has 0 amide bonds. The molecular formula is C25H28N3O3PS. The van der Waals surface area contributed by atoms with Gasteiger partial charge in [0.2, 0.25) is 0 Å². The summed E-state index contributed by atoms with van der Waals surface area (Å²) in [5.41, 5.74) is 3.54. The largest absolute Gasteiger partial charge is 0.352 e. The van der Waals surface area contributed by atoms with Crippen LogP contribution in [0.2, 0.25) is 0 Å². The van der Waals surface area contributed by atoms with Gasteiger partial charge in [-0.25, -0.2) is 4.68 Å². The van der Waals surface area contributed by atoms with Crippen molar-refractivity contribution in [2.75, 3.05) is 13.2 Å². The van der Waals surface area contributed by atoms with E-state index < -0.39 is 13.4 Å². The maximum Gasteiger partial charge on any atom is 0.352 e. The number of thiophene rings is 1. The first-order valence-electron chi connectivity index (χ1n) is 11.0. The smallest absolute Gasteiger partial charge is 0.308 e. The van der Waals surface area contributed by atoms with Gasteiger partial charge in [0.1, 0.15) is 11.5 Å². The molecule has 0 unspecified atom stereocenters. The summed E-state index contributed by atoms with van der Waals surface area (Å²) in [7, 11) is -3.56. The van der Waals surface area contributed by atoms with E-state index in [0.29, 0.717) is 6.54 Å². The van der Waals surface area contributed by atoms with Crippen molar-refractivity contribution in [2.45, 2.75) is 26.2 Å². The average molecular weight is 482 g/mol. The Morgan fingerprint density at radius 3 is 2.24 bits per heavy atom. The maximum absolute atomic E-state index is 14.1. The minimum atomic E-state index is -3.56. The fraction of sp³-hybridized carbons (Fsp3) is 0.240. The standard InChI is InChI=1S/C25H28N3O3PS/c1-3-30-32(29,31-4-2)25(26-18-20-12-7-5-8-13-20)22-19-28(21-14-9-6-10-15-21)27-24(22)23-16-11-17-33-23/h5-17,19,25-26H,3-4,18H2,1-2H3/t25-/m0/s1. The highest BCUT2D eigenvalue weighted by molar-refractivity contribution is 7.54. The van der Waals surface area contributed by atoms with E-state index in [1.807, 2.05) is 103 Å². The lowest BCUT2D eigenvalue weighted by Crippen LogP contribution is -2.23. The van der Waals surface area contributed by atoms with Gasteiger partial charge in [-0.2, -0.15) is 5.10 Å². The number of benzene rings is 2. The lowest BCUT2D eigenvalue weighted by molar-refractivity contribution is 0.207. The van der Waals surface area contributed by atoms with E-state index in [4.69, 9.17) is 14.1 Å². The Morgan fingerprint density at radius 2 is 1.64 bits per heavy atom. The van der Waals surface area contributed by atoms with Gasteiger partial charge in [-0.15, -0.1) is 11.3 Å². The van der Waals surface area contributed by atoms with E-state index in [0.717, 1.165) is 27.4 Å². The Bertz CT molecular complexity index is 1170. The molecule has 0 aliphatic carbocycles. The van der Waals surface area contributed by atoms with Gasteiger partial charge < -0.3 is 9.05 Å². The van der Waals surface area contributed by atoms with E-state index in [1.165, 1.54) is 0 Å². The number of para-hydroxylation sites is 1. The highest BCUT2D eigenvalue weighted by Gasteiger charge is 2.39. The Labute approximate surface area is 198 Å². The summed E-state index contributed by atoms with van der Waals surface area (Å²) < 4.78 is 27.5. The van der Waals surface area contributed by atoms with E-state index in [2.05, 4.69) is 5.32 Å². The number of hydrogen-bond acceptors (Lipinski definition) is 6. The third kappa shape index (κ3) is 5.52. The van der Waals surface area contributed by atoms with Crippen molar-refractivity contribution in [3.63, 3.8) is 0 Å². The molecule has 6 nitrogen and oxygen atoms in total. The molecule has 0 bridgehead atoms. The van der Waals surface area contributed by atoms with Gasteiger partial charge in [-0.05, 0) is 43.0 Å². The highest BCUT2D eigenvalue weighted by Crippen LogP contribution is 2.61. The van der Waals surface area contributed by atoms with Crippen molar-refractivity contribution in [3.05, 3.63) is 95.5 Å². The minimum absolute atomic E-state index is 0.280. The molecule has 8 heteroatoms. The van der Waals surface area contributed by atoms with Crippen LogP contribution in [0.25, 0.3) is 16.3 Å². The van der Waals surface area contributed by atoms with Crippen molar-refractivity contribution in [1.29, 1.82) is 0 Å². The summed E-state index contributed by atoms with van der Waals surface area (Å²) in [5.74, 6) is -0.688. The SMILES string of the molecule is CCOP(=O)(OCC)[C@H](NCc1ccccc1)c1cn(-c2ccccc2)nc1-c1cccs1. The van der Waals surface area contributed by atoms with E-state index in [-0.39, 0.29) is 13.2 Å². The van der Waals surface area contributed by atoms with E-state index in [9.17, 15) is 4.57 Å². The molecule has 2 heterocycles. The van der Waals surface area contributed by atoms with Crippen LogP contribution < -0.4 is 5.32 Å². The van der Waals surface area contributed by atoms with E-state index >= 15 is 0 Å². The zero-order valence-electron chi connectivity index (χ0n) is 18.8. The zero-order chi connectivity index (χ0) is 23.1. The summed E-state index contributed by atoms with van der Waals surface area (Å²) in [6.07, 6.45) is 1.93. The van der Waals surface area contributed by atoms with Crippen LogP contribution in [0, 0.1) is 0 Å². The van der Waals surface area contributed by atoms with E-state index in [1.54, 1.807) is 11.3 Å². The lowest BCUT2D eigenvalue weighted by atomic mass is 10.2. The molecule has 172 valence electrons. The molecule has 33 heavy (non-hydrogen) atoms. The first-order valence-corrected chi connectivity index (χ1v) is 13.5. The second-order valence-corrected chi connectivity index (χ2v) is 10.4. The Hall–Kier alpha value is -2.54. The van der Waals surface area contributed by atoms with Gasteiger partial charge in [0, 0.05) is 18.3 Å². The highest BCUT2D eigenvalue weighted by atomic mass is 32.1. The normalized spacial score (nSPS) is 12.7. The van der Waals surface area contributed by atoms with Crippen LogP contribution in [-0.4, -0.2) is 23.0 Å². The second-order valence-electron chi connectivity index (χ2n) is 7.33. The zero-order valence-corrected chi connectivity index (χ0v) is 20.5. The number of nitrogens with one attached hydrogen (secondary N) is 1. The number of aromatic nitrogens is 2. The van der Waals surface area contributed by atoms with Crippen molar-refractivity contribution in [3.8, 4) is 16.3 Å². The van der Waals surface area contributed by atoms with Crippen molar-refractivity contribution in [1.82, 2.24) is 15.1 Å². The topological polar surface area (TPSA) is 65.4 Å². The number of rotatable bonds is 11. The second kappa shape index (κ2) is 11.1. The van der Waals surface area contributed by atoms with Crippen molar-refractivity contribution in [2.24, 2.45) is 0 Å². The predicted molar refractivity (Wildman–Crippen MR) is 134 cm³/mol. The van der Waals surface area contributed by atoms with Gasteiger partial charge in [0.15, 0.2) is 0 Å². The molecule has 0 saturated heterocycles. The van der Waals surface area contributed by atoms with Gasteiger partial charge in [-0.3, -0.25) is 9.88 Å². The quantitative estimate of drug-likeness (QED) is 0.243. The van der Waals surface area contributed by atoms with Crippen LogP contribution in [-0.2, 0) is 20.2 Å². The molecule has 0 fully saturated rings. The minimum Gasteiger partial charge on any atom is -0.308 e. The molecule has 2 aromatic heterocycles. The fourth-order valence-corrected chi connectivity index (χ4v) is 6.32. The van der Waals surface area contributed by atoms with Gasteiger partial charge in [0.25, 0.3) is 0 Å². The molecule has 2 aromatic carbocycles. The number of nitrogens with zero attached hydrogens (tertiary/aromatic N) is 2. The maximum atomic E-state index is 14.1. The molecule has 1 N–H and O–H groups in total. The van der Waals surface area contributed by atoms with Crippen LogP contribution in [0.4, 0.5) is 0 Å². The molecule has 4 rings (SSSR count). The molecule has 0 spiro atoms.